The van der Waals surface area contributed by atoms with E-state index >= 15 is 0 Å². The highest BCUT2D eigenvalue weighted by atomic mass is 16.3. The summed E-state index contributed by atoms with van der Waals surface area (Å²) in [6.45, 7) is 8.86. The molecule has 1 rings (SSSR count). The summed E-state index contributed by atoms with van der Waals surface area (Å²) in [6.07, 6.45) is 5.16. The summed E-state index contributed by atoms with van der Waals surface area (Å²) < 4.78 is 0. The number of rotatable bonds is 3. The second kappa shape index (κ2) is 5.13. The smallest absolute Gasteiger partial charge is 0.0660 e. The van der Waals surface area contributed by atoms with Gasteiger partial charge in [-0.15, -0.1) is 0 Å². The summed E-state index contributed by atoms with van der Waals surface area (Å²) in [4.78, 5) is 2.48. The first-order valence-corrected chi connectivity index (χ1v) is 6.04. The van der Waals surface area contributed by atoms with Crippen LogP contribution < -0.4 is 0 Å². The standard InChI is InChI=1S/C12H25NO/c1-4-6-12(14)7-5-9-13(10-8-12)11(2)3/h11,14H,4-10H2,1-3H3. The minimum Gasteiger partial charge on any atom is -0.390 e. The van der Waals surface area contributed by atoms with Gasteiger partial charge in [0.15, 0.2) is 0 Å². The van der Waals surface area contributed by atoms with Crippen molar-refractivity contribution in [3.63, 3.8) is 0 Å². The zero-order chi connectivity index (χ0) is 10.6. The Kier molecular flexibility index (Phi) is 4.39. The molecule has 84 valence electrons. The Bertz CT molecular complexity index is 170. The van der Waals surface area contributed by atoms with Crippen LogP contribution in [0, 0.1) is 0 Å². The predicted molar refractivity (Wildman–Crippen MR) is 60.4 cm³/mol. The van der Waals surface area contributed by atoms with Gasteiger partial charge in [-0.25, -0.2) is 0 Å². The zero-order valence-electron chi connectivity index (χ0n) is 9.92. The molecule has 1 N–H and O–H groups in total. The van der Waals surface area contributed by atoms with Gasteiger partial charge in [-0.1, -0.05) is 13.3 Å². The lowest BCUT2D eigenvalue weighted by atomic mass is 9.90. The van der Waals surface area contributed by atoms with Gasteiger partial charge < -0.3 is 10.0 Å². The Morgan fingerprint density at radius 3 is 2.57 bits per heavy atom. The lowest BCUT2D eigenvalue weighted by Gasteiger charge is -2.27. The average molecular weight is 199 g/mol. The lowest BCUT2D eigenvalue weighted by molar-refractivity contribution is 0.0155. The predicted octanol–water partition coefficient (Wildman–Crippen LogP) is 2.41. The van der Waals surface area contributed by atoms with E-state index in [1.54, 1.807) is 0 Å². The van der Waals surface area contributed by atoms with Gasteiger partial charge in [0.25, 0.3) is 0 Å². The number of nitrogens with zero attached hydrogens (tertiary/aromatic N) is 1. The first kappa shape index (κ1) is 12.0. The molecule has 1 fully saturated rings. The van der Waals surface area contributed by atoms with E-state index in [4.69, 9.17) is 0 Å². The summed E-state index contributed by atoms with van der Waals surface area (Å²) in [6, 6.07) is 0.624. The summed E-state index contributed by atoms with van der Waals surface area (Å²) in [5.74, 6) is 0. The van der Waals surface area contributed by atoms with Crippen molar-refractivity contribution in [2.24, 2.45) is 0 Å². The normalized spacial score (nSPS) is 30.6. The molecule has 2 heteroatoms. The third-order valence-corrected chi connectivity index (χ3v) is 3.40. The molecule has 0 saturated carbocycles. The van der Waals surface area contributed by atoms with E-state index in [0.29, 0.717) is 6.04 Å². The van der Waals surface area contributed by atoms with E-state index in [-0.39, 0.29) is 5.60 Å². The average Bonchev–Trinajstić information content (AvgIpc) is 2.28. The van der Waals surface area contributed by atoms with Gasteiger partial charge in [0.05, 0.1) is 5.60 Å². The number of hydrogen-bond acceptors (Lipinski definition) is 2. The van der Waals surface area contributed by atoms with E-state index < -0.39 is 0 Å². The van der Waals surface area contributed by atoms with Gasteiger partial charge >= 0.3 is 0 Å². The van der Waals surface area contributed by atoms with Crippen LogP contribution >= 0.6 is 0 Å². The molecule has 14 heavy (non-hydrogen) atoms. The maximum Gasteiger partial charge on any atom is 0.0660 e. The molecular formula is C12H25NO. The van der Waals surface area contributed by atoms with Crippen LogP contribution in [-0.2, 0) is 0 Å². The minimum absolute atomic E-state index is 0.363. The molecule has 1 atom stereocenters. The number of likely N-dealkylation sites (tertiary alicyclic amines) is 1. The Morgan fingerprint density at radius 1 is 1.29 bits per heavy atom. The fourth-order valence-corrected chi connectivity index (χ4v) is 2.43. The molecule has 1 aliphatic heterocycles. The monoisotopic (exact) mass is 199 g/mol. The quantitative estimate of drug-likeness (QED) is 0.754. The van der Waals surface area contributed by atoms with E-state index in [2.05, 4.69) is 25.7 Å². The largest absolute Gasteiger partial charge is 0.390 e. The topological polar surface area (TPSA) is 23.5 Å². The molecule has 0 aromatic carbocycles. The maximum absolute atomic E-state index is 10.3. The molecule has 0 aromatic rings. The Balaban J connectivity index is 2.47. The van der Waals surface area contributed by atoms with E-state index in [1.165, 1.54) is 0 Å². The SMILES string of the molecule is CCCC1(O)CCCN(C(C)C)CC1. The van der Waals surface area contributed by atoms with Gasteiger partial charge in [0, 0.05) is 12.6 Å². The Labute approximate surface area is 88.3 Å². The summed E-state index contributed by atoms with van der Waals surface area (Å²) in [7, 11) is 0. The van der Waals surface area contributed by atoms with Crippen LogP contribution in [0.3, 0.4) is 0 Å². The van der Waals surface area contributed by atoms with Crippen LogP contribution in [0.15, 0.2) is 0 Å². The van der Waals surface area contributed by atoms with Gasteiger partial charge in [-0.05, 0) is 46.1 Å². The van der Waals surface area contributed by atoms with Crippen LogP contribution in [0.25, 0.3) is 0 Å². The molecule has 1 heterocycles. The van der Waals surface area contributed by atoms with Crippen LogP contribution in [0.2, 0.25) is 0 Å². The van der Waals surface area contributed by atoms with Crippen molar-refractivity contribution in [1.82, 2.24) is 4.90 Å². The first-order valence-electron chi connectivity index (χ1n) is 6.04. The Hall–Kier alpha value is -0.0800. The molecule has 0 aliphatic carbocycles. The van der Waals surface area contributed by atoms with Gasteiger partial charge in [0.2, 0.25) is 0 Å². The first-order chi connectivity index (χ1) is 6.57. The van der Waals surface area contributed by atoms with Gasteiger partial charge in [-0.3, -0.25) is 0 Å². The fourth-order valence-electron chi connectivity index (χ4n) is 2.43. The van der Waals surface area contributed by atoms with Crippen molar-refractivity contribution in [1.29, 1.82) is 0 Å². The van der Waals surface area contributed by atoms with Crippen molar-refractivity contribution >= 4 is 0 Å². The second-order valence-corrected chi connectivity index (χ2v) is 4.96. The highest BCUT2D eigenvalue weighted by Gasteiger charge is 2.29. The summed E-state index contributed by atoms with van der Waals surface area (Å²) >= 11 is 0. The highest BCUT2D eigenvalue weighted by molar-refractivity contribution is 4.83. The maximum atomic E-state index is 10.3. The van der Waals surface area contributed by atoms with Crippen molar-refractivity contribution in [2.75, 3.05) is 13.1 Å². The molecule has 0 bridgehead atoms. The lowest BCUT2D eigenvalue weighted by Crippen LogP contribution is -2.34. The van der Waals surface area contributed by atoms with E-state index in [1.807, 2.05) is 0 Å². The summed E-state index contributed by atoms with van der Waals surface area (Å²) in [5.41, 5.74) is -0.363. The number of hydrogen-bond donors (Lipinski definition) is 1. The number of aliphatic hydroxyl groups is 1. The highest BCUT2D eigenvalue weighted by Crippen LogP contribution is 2.27. The minimum atomic E-state index is -0.363. The summed E-state index contributed by atoms with van der Waals surface area (Å²) in [5, 5.41) is 10.3. The molecule has 0 radical (unpaired) electrons. The van der Waals surface area contributed by atoms with Crippen molar-refractivity contribution < 1.29 is 5.11 Å². The molecule has 2 nitrogen and oxygen atoms in total. The van der Waals surface area contributed by atoms with E-state index in [9.17, 15) is 5.11 Å². The van der Waals surface area contributed by atoms with Crippen molar-refractivity contribution in [3.8, 4) is 0 Å². The molecule has 0 amide bonds. The second-order valence-electron chi connectivity index (χ2n) is 4.96. The van der Waals surface area contributed by atoms with Gasteiger partial charge in [0.1, 0.15) is 0 Å². The van der Waals surface area contributed by atoms with Crippen LogP contribution in [0.4, 0.5) is 0 Å². The zero-order valence-corrected chi connectivity index (χ0v) is 9.92. The van der Waals surface area contributed by atoms with Crippen LogP contribution in [0.1, 0.15) is 52.9 Å². The molecule has 0 aromatic heterocycles. The van der Waals surface area contributed by atoms with Crippen LogP contribution in [-0.4, -0.2) is 34.7 Å². The molecule has 1 unspecified atom stereocenters. The van der Waals surface area contributed by atoms with Crippen molar-refractivity contribution in [2.45, 2.75) is 64.5 Å². The van der Waals surface area contributed by atoms with Crippen LogP contribution in [0.5, 0.6) is 0 Å². The fraction of sp³-hybridized carbons (Fsp3) is 1.00. The molecule has 1 saturated heterocycles. The Morgan fingerprint density at radius 2 is 2.00 bits per heavy atom. The van der Waals surface area contributed by atoms with Gasteiger partial charge in [-0.2, -0.15) is 0 Å². The van der Waals surface area contributed by atoms with E-state index in [0.717, 1.165) is 45.2 Å². The third-order valence-electron chi connectivity index (χ3n) is 3.40. The molecule has 1 aliphatic rings. The molecular weight excluding hydrogens is 174 g/mol. The third kappa shape index (κ3) is 3.25. The molecule has 0 spiro atoms. The van der Waals surface area contributed by atoms with Crippen molar-refractivity contribution in [3.05, 3.63) is 0 Å².